The van der Waals surface area contributed by atoms with E-state index in [9.17, 15) is 4.79 Å². The summed E-state index contributed by atoms with van der Waals surface area (Å²) >= 11 is 0. The highest BCUT2D eigenvalue weighted by molar-refractivity contribution is 5.90. The van der Waals surface area contributed by atoms with E-state index in [1.54, 1.807) is 0 Å². The van der Waals surface area contributed by atoms with Crippen molar-refractivity contribution in [3.8, 4) is 0 Å². The van der Waals surface area contributed by atoms with Gasteiger partial charge in [0.2, 0.25) is 5.91 Å². The minimum absolute atomic E-state index is 0.310. The van der Waals surface area contributed by atoms with Crippen LogP contribution in [0.5, 0.6) is 0 Å². The number of hydrogen-bond donors (Lipinski definition) is 0. The van der Waals surface area contributed by atoms with Gasteiger partial charge in [-0.25, -0.2) is 0 Å². The lowest BCUT2D eigenvalue weighted by Crippen LogP contribution is -2.67. The number of hydrogen-bond acceptors (Lipinski definition) is 3. The molecular weight excluding hydrogens is 334 g/mol. The molecule has 1 aromatic rings. The topological polar surface area (TPSA) is 26.8 Å². The zero-order valence-corrected chi connectivity index (χ0v) is 17.8. The molecule has 2 aliphatic heterocycles. The molecule has 4 nitrogen and oxygen atoms in total. The van der Waals surface area contributed by atoms with E-state index >= 15 is 0 Å². The molecule has 0 aliphatic carbocycles. The fourth-order valence-electron chi connectivity index (χ4n) is 5.43. The maximum Gasteiger partial charge on any atom is 0.235 e. The van der Waals surface area contributed by atoms with Gasteiger partial charge in [-0.3, -0.25) is 14.6 Å². The highest BCUT2D eigenvalue weighted by atomic mass is 16.2. The molecule has 0 aromatic heterocycles. The minimum atomic E-state index is -0.434. The van der Waals surface area contributed by atoms with Gasteiger partial charge in [-0.05, 0) is 52.5 Å². The van der Waals surface area contributed by atoms with Gasteiger partial charge in [0.25, 0.3) is 0 Å². The van der Waals surface area contributed by atoms with E-state index in [2.05, 4.69) is 67.8 Å². The van der Waals surface area contributed by atoms with Gasteiger partial charge in [-0.2, -0.15) is 0 Å². The normalized spacial score (nSPS) is 26.9. The number of fused-ring (bicyclic) bond motifs is 1. The molecule has 4 heteroatoms. The lowest BCUT2D eigenvalue weighted by atomic mass is 9.66. The number of carbonyl (C=O) groups excluding carboxylic acids is 1. The molecule has 1 aromatic carbocycles. The average molecular weight is 372 g/mol. The van der Waals surface area contributed by atoms with E-state index in [1.807, 2.05) is 11.9 Å². The number of nitrogens with zero attached hydrogens (tertiary/aromatic N) is 3. The lowest BCUT2D eigenvalue weighted by Gasteiger charge is -2.54. The van der Waals surface area contributed by atoms with E-state index in [-0.39, 0.29) is 0 Å². The van der Waals surface area contributed by atoms with Crippen LogP contribution in [-0.2, 0) is 10.2 Å². The van der Waals surface area contributed by atoms with Gasteiger partial charge in [0.05, 0.1) is 12.1 Å². The predicted molar refractivity (Wildman–Crippen MR) is 112 cm³/mol. The fourth-order valence-corrected chi connectivity index (χ4v) is 5.43. The van der Waals surface area contributed by atoms with Crippen molar-refractivity contribution in [2.45, 2.75) is 76.9 Å². The van der Waals surface area contributed by atoms with Crippen LogP contribution in [0.4, 0.5) is 0 Å². The van der Waals surface area contributed by atoms with Gasteiger partial charge in [-0.1, -0.05) is 36.8 Å². The standard InChI is InChI=1S/C23H37N3O/c1-18(2)26(19(3)4)16-14-23(20-11-7-6-8-12-20)21-13-9-10-15-25(21)17-24(5)22(23)27/h6-8,11-12,18-19,21H,9-10,13-17H2,1-5H3. The molecule has 27 heavy (non-hydrogen) atoms. The SMILES string of the molecule is CC(C)N(CCC1(c2ccccc2)C(=O)N(C)CN2CCCCC21)C(C)C. The Hall–Kier alpha value is -1.39. The number of rotatable bonds is 6. The lowest BCUT2D eigenvalue weighted by molar-refractivity contribution is -0.153. The average Bonchev–Trinajstić information content (AvgIpc) is 2.65. The summed E-state index contributed by atoms with van der Waals surface area (Å²) in [6.45, 7) is 11.9. The molecule has 2 unspecified atom stereocenters. The number of benzene rings is 1. The van der Waals surface area contributed by atoms with Crippen LogP contribution in [0.1, 0.15) is 58.9 Å². The highest BCUT2D eigenvalue weighted by Gasteiger charge is 2.54. The second kappa shape index (κ2) is 8.32. The van der Waals surface area contributed by atoms with Crippen molar-refractivity contribution in [2.75, 3.05) is 26.8 Å². The third-order valence-electron chi connectivity index (χ3n) is 6.68. The monoisotopic (exact) mass is 371 g/mol. The van der Waals surface area contributed by atoms with Gasteiger partial charge in [0.15, 0.2) is 0 Å². The molecule has 0 N–H and O–H groups in total. The van der Waals surface area contributed by atoms with Gasteiger partial charge in [-0.15, -0.1) is 0 Å². The van der Waals surface area contributed by atoms with Gasteiger partial charge < -0.3 is 4.90 Å². The highest BCUT2D eigenvalue weighted by Crippen LogP contribution is 2.43. The summed E-state index contributed by atoms with van der Waals surface area (Å²) in [6.07, 6.45) is 4.48. The van der Waals surface area contributed by atoms with Gasteiger partial charge in [0.1, 0.15) is 0 Å². The largest absolute Gasteiger partial charge is 0.332 e. The van der Waals surface area contributed by atoms with E-state index in [1.165, 1.54) is 18.4 Å². The Kier molecular flexibility index (Phi) is 6.27. The second-order valence-electron chi connectivity index (χ2n) is 8.98. The van der Waals surface area contributed by atoms with E-state index in [4.69, 9.17) is 0 Å². The second-order valence-corrected chi connectivity index (χ2v) is 8.98. The molecule has 2 saturated heterocycles. The summed E-state index contributed by atoms with van der Waals surface area (Å²) in [6, 6.07) is 11.9. The maximum atomic E-state index is 13.7. The molecule has 150 valence electrons. The van der Waals surface area contributed by atoms with Crippen molar-refractivity contribution in [3.63, 3.8) is 0 Å². The molecule has 1 amide bonds. The number of amides is 1. The number of piperidine rings is 1. The van der Waals surface area contributed by atoms with Crippen LogP contribution < -0.4 is 0 Å². The van der Waals surface area contributed by atoms with Crippen LogP contribution in [0.15, 0.2) is 30.3 Å². The smallest absolute Gasteiger partial charge is 0.235 e. The zero-order valence-electron chi connectivity index (χ0n) is 17.8. The summed E-state index contributed by atoms with van der Waals surface area (Å²) < 4.78 is 0. The number of likely N-dealkylation sites (N-methyl/N-ethyl adjacent to an activating group) is 1. The van der Waals surface area contributed by atoms with Crippen LogP contribution in [0.3, 0.4) is 0 Å². The van der Waals surface area contributed by atoms with E-state index in [0.29, 0.717) is 24.0 Å². The van der Waals surface area contributed by atoms with Crippen molar-refractivity contribution in [2.24, 2.45) is 0 Å². The Morgan fingerprint density at radius 2 is 1.78 bits per heavy atom. The van der Waals surface area contributed by atoms with Crippen molar-refractivity contribution in [1.29, 1.82) is 0 Å². The van der Waals surface area contributed by atoms with Crippen LogP contribution in [-0.4, -0.2) is 65.5 Å². The molecule has 2 fully saturated rings. The first-order chi connectivity index (χ1) is 12.9. The van der Waals surface area contributed by atoms with Crippen molar-refractivity contribution in [1.82, 2.24) is 14.7 Å². The van der Waals surface area contributed by atoms with Crippen LogP contribution in [0.2, 0.25) is 0 Å². The van der Waals surface area contributed by atoms with E-state index < -0.39 is 5.41 Å². The minimum Gasteiger partial charge on any atom is -0.332 e. The molecule has 0 bridgehead atoms. The molecule has 2 heterocycles. The molecule has 3 rings (SSSR count). The quantitative estimate of drug-likeness (QED) is 0.762. The summed E-state index contributed by atoms with van der Waals surface area (Å²) in [5.74, 6) is 0.310. The predicted octanol–water partition coefficient (Wildman–Crippen LogP) is 3.72. The Morgan fingerprint density at radius 1 is 1.11 bits per heavy atom. The summed E-state index contributed by atoms with van der Waals surface area (Å²) in [7, 11) is 1.98. The Balaban J connectivity index is 2.02. The third-order valence-corrected chi connectivity index (χ3v) is 6.68. The van der Waals surface area contributed by atoms with Crippen molar-refractivity contribution >= 4 is 5.91 Å². The van der Waals surface area contributed by atoms with Crippen molar-refractivity contribution < 1.29 is 4.79 Å². The molecule has 0 saturated carbocycles. The van der Waals surface area contributed by atoms with E-state index in [0.717, 1.165) is 32.6 Å². The van der Waals surface area contributed by atoms with Gasteiger partial charge in [0, 0.05) is 38.3 Å². The zero-order chi connectivity index (χ0) is 19.6. The van der Waals surface area contributed by atoms with Crippen LogP contribution in [0, 0.1) is 0 Å². The Labute approximate surface area is 165 Å². The molecule has 2 aliphatic rings. The summed E-state index contributed by atoms with van der Waals surface area (Å²) in [4.78, 5) is 20.8. The van der Waals surface area contributed by atoms with Crippen LogP contribution >= 0.6 is 0 Å². The maximum absolute atomic E-state index is 13.7. The molecule has 2 atom stereocenters. The molecular formula is C23H37N3O. The summed E-state index contributed by atoms with van der Waals surface area (Å²) in [5, 5.41) is 0. The molecule has 0 radical (unpaired) electrons. The van der Waals surface area contributed by atoms with Crippen molar-refractivity contribution in [3.05, 3.63) is 35.9 Å². The fraction of sp³-hybridized carbons (Fsp3) is 0.696. The van der Waals surface area contributed by atoms with Crippen LogP contribution in [0.25, 0.3) is 0 Å². The summed E-state index contributed by atoms with van der Waals surface area (Å²) in [5.41, 5.74) is 0.766. The Morgan fingerprint density at radius 3 is 2.41 bits per heavy atom. The molecule has 0 spiro atoms. The third kappa shape index (κ3) is 3.79. The first kappa shape index (κ1) is 20.3. The first-order valence-corrected chi connectivity index (χ1v) is 10.7. The number of carbonyl (C=O) groups is 1. The Bertz CT molecular complexity index is 622. The van der Waals surface area contributed by atoms with Gasteiger partial charge >= 0.3 is 0 Å². The first-order valence-electron chi connectivity index (χ1n) is 10.7.